The zero-order valence-corrected chi connectivity index (χ0v) is 16.4. The van der Waals surface area contributed by atoms with Gasteiger partial charge in [-0.2, -0.15) is 0 Å². The van der Waals surface area contributed by atoms with Gasteiger partial charge >= 0.3 is 0 Å². The SMILES string of the molecule is Cc1ccsc1C(=O)N(C)CC1CCCN(CCc2ccc(F)cc2)C1. The molecule has 0 bridgehead atoms. The highest BCUT2D eigenvalue weighted by Gasteiger charge is 2.24. The molecule has 0 aliphatic carbocycles. The first-order chi connectivity index (χ1) is 12.5. The van der Waals surface area contributed by atoms with Gasteiger partial charge in [0.15, 0.2) is 0 Å². The summed E-state index contributed by atoms with van der Waals surface area (Å²) in [5.41, 5.74) is 2.24. The Morgan fingerprint density at radius 1 is 1.31 bits per heavy atom. The highest BCUT2D eigenvalue weighted by molar-refractivity contribution is 7.12. The van der Waals surface area contributed by atoms with E-state index in [4.69, 9.17) is 0 Å². The third-order valence-corrected chi connectivity index (χ3v) is 6.17. The summed E-state index contributed by atoms with van der Waals surface area (Å²) in [6.07, 6.45) is 3.29. The van der Waals surface area contributed by atoms with Crippen molar-refractivity contribution in [2.45, 2.75) is 26.2 Å². The number of benzene rings is 1. The van der Waals surface area contributed by atoms with E-state index in [1.807, 2.05) is 42.5 Å². The second-order valence-electron chi connectivity index (χ2n) is 7.30. The van der Waals surface area contributed by atoms with Crippen LogP contribution in [-0.2, 0) is 6.42 Å². The van der Waals surface area contributed by atoms with Gasteiger partial charge in [0.25, 0.3) is 5.91 Å². The molecule has 26 heavy (non-hydrogen) atoms. The largest absolute Gasteiger partial charge is 0.341 e. The van der Waals surface area contributed by atoms with E-state index in [9.17, 15) is 9.18 Å². The lowest BCUT2D eigenvalue weighted by molar-refractivity contribution is 0.0734. The van der Waals surface area contributed by atoms with Crippen molar-refractivity contribution < 1.29 is 9.18 Å². The van der Waals surface area contributed by atoms with Gasteiger partial charge in [-0.25, -0.2) is 4.39 Å². The number of nitrogens with zero attached hydrogens (tertiary/aromatic N) is 2. The summed E-state index contributed by atoms with van der Waals surface area (Å²) in [6, 6.07) is 8.80. The maximum absolute atomic E-state index is 13.0. The molecule has 140 valence electrons. The number of rotatable bonds is 6. The molecule has 5 heteroatoms. The van der Waals surface area contributed by atoms with Gasteiger partial charge in [0.2, 0.25) is 0 Å². The molecule has 1 aromatic carbocycles. The fraction of sp³-hybridized carbons (Fsp3) is 0.476. The number of piperidine rings is 1. The monoisotopic (exact) mass is 374 g/mol. The Morgan fingerprint density at radius 3 is 2.77 bits per heavy atom. The van der Waals surface area contributed by atoms with Crippen molar-refractivity contribution in [3.63, 3.8) is 0 Å². The first-order valence-electron chi connectivity index (χ1n) is 9.29. The predicted octanol–water partition coefficient (Wildman–Crippen LogP) is 4.22. The van der Waals surface area contributed by atoms with Crippen LogP contribution in [0.4, 0.5) is 4.39 Å². The third-order valence-electron chi connectivity index (χ3n) is 5.17. The van der Waals surface area contributed by atoms with Crippen molar-refractivity contribution in [2.75, 3.05) is 33.2 Å². The van der Waals surface area contributed by atoms with Crippen LogP contribution in [0.1, 0.15) is 33.6 Å². The first kappa shape index (κ1) is 19.1. The van der Waals surface area contributed by atoms with E-state index in [1.54, 1.807) is 0 Å². The van der Waals surface area contributed by atoms with Gasteiger partial charge in [-0.3, -0.25) is 4.79 Å². The lowest BCUT2D eigenvalue weighted by atomic mass is 9.97. The number of amides is 1. The Bertz CT molecular complexity index is 728. The van der Waals surface area contributed by atoms with Crippen LogP contribution >= 0.6 is 11.3 Å². The molecule has 2 heterocycles. The summed E-state index contributed by atoms with van der Waals surface area (Å²) in [5, 5.41) is 1.98. The van der Waals surface area contributed by atoms with Gasteiger partial charge in [-0.05, 0) is 73.4 Å². The average molecular weight is 375 g/mol. The molecular weight excluding hydrogens is 347 g/mol. The lowest BCUT2D eigenvalue weighted by Crippen LogP contribution is -2.42. The molecule has 1 fully saturated rings. The average Bonchev–Trinajstić information content (AvgIpc) is 3.07. The molecule has 3 rings (SSSR count). The standard InChI is InChI=1S/C21H27FN2OS/c1-16-10-13-26-20(16)21(25)23(2)14-18-4-3-11-24(15-18)12-9-17-5-7-19(22)8-6-17/h5-8,10,13,18H,3-4,9,11-12,14-15H2,1-2H3. The summed E-state index contributed by atoms with van der Waals surface area (Å²) in [7, 11) is 1.92. The van der Waals surface area contributed by atoms with E-state index >= 15 is 0 Å². The molecule has 0 saturated carbocycles. The fourth-order valence-electron chi connectivity index (χ4n) is 3.68. The molecule has 0 spiro atoms. The molecule has 1 saturated heterocycles. The molecule has 1 amide bonds. The smallest absolute Gasteiger partial charge is 0.263 e. The van der Waals surface area contributed by atoms with E-state index in [1.165, 1.54) is 41.9 Å². The zero-order chi connectivity index (χ0) is 18.5. The third kappa shape index (κ3) is 4.92. The minimum Gasteiger partial charge on any atom is -0.341 e. The summed E-state index contributed by atoms with van der Waals surface area (Å²) in [6.45, 7) is 5.93. The van der Waals surface area contributed by atoms with Crippen molar-refractivity contribution in [3.05, 3.63) is 57.5 Å². The molecule has 1 aliphatic rings. The van der Waals surface area contributed by atoms with E-state index in [0.717, 1.165) is 43.0 Å². The van der Waals surface area contributed by atoms with Gasteiger partial charge in [-0.15, -0.1) is 11.3 Å². The van der Waals surface area contributed by atoms with Gasteiger partial charge in [0, 0.05) is 26.7 Å². The molecule has 0 N–H and O–H groups in total. The highest BCUT2D eigenvalue weighted by Crippen LogP contribution is 2.21. The zero-order valence-electron chi connectivity index (χ0n) is 15.6. The van der Waals surface area contributed by atoms with Crippen LogP contribution in [0.15, 0.2) is 35.7 Å². The van der Waals surface area contributed by atoms with Gasteiger partial charge < -0.3 is 9.80 Å². The molecule has 1 aliphatic heterocycles. The number of aryl methyl sites for hydroxylation is 1. The minimum absolute atomic E-state index is 0.140. The number of hydrogen-bond acceptors (Lipinski definition) is 3. The predicted molar refractivity (Wildman–Crippen MR) is 105 cm³/mol. The minimum atomic E-state index is -0.180. The number of carbonyl (C=O) groups excluding carboxylic acids is 1. The summed E-state index contributed by atoms with van der Waals surface area (Å²) < 4.78 is 13.0. The van der Waals surface area contributed by atoms with Crippen LogP contribution in [0.2, 0.25) is 0 Å². The molecule has 0 radical (unpaired) electrons. The van der Waals surface area contributed by atoms with Gasteiger partial charge in [0.1, 0.15) is 5.82 Å². The van der Waals surface area contributed by atoms with Crippen LogP contribution < -0.4 is 0 Å². The van der Waals surface area contributed by atoms with Crippen molar-refractivity contribution >= 4 is 17.2 Å². The Balaban J connectivity index is 1.49. The van der Waals surface area contributed by atoms with E-state index in [0.29, 0.717) is 5.92 Å². The Hall–Kier alpha value is -1.72. The van der Waals surface area contributed by atoms with Crippen molar-refractivity contribution in [2.24, 2.45) is 5.92 Å². The summed E-state index contributed by atoms with van der Waals surface area (Å²) in [4.78, 5) is 17.8. The van der Waals surface area contributed by atoms with Gasteiger partial charge in [0.05, 0.1) is 4.88 Å². The Kier molecular flexibility index (Phi) is 6.43. The molecule has 1 unspecified atom stereocenters. The molecule has 1 atom stereocenters. The van der Waals surface area contributed by atoms with Crippen molar-refractivity contribution in [1.82, 2.24) is 9.80 Å². The second kappa shape index (κ2) is 8.78. The molecule has 3 nitrogen and oxygen atoms in total. The summed E-state index contributed by atoms with van der Waals surface area (Å²) >= 11 is 1.53. The Labute approximate surface area is 159 Å². The number of halogens is 1. The van der Waals surface area contributed by atoms with E-state index in [-0.39, 0.29) is 11.7 Å². The number of hydrogen-bond donors (Lipinski definition) is 0. The van der Waals surface area contributed by atoms with Crippen LogP contribution in [0.3, 0.4) is 0 Å². The summed E-state index contributed by atoms with van der Waals surface area (Å²) in [5.74, 6) is 0.479. The first-order valence-corrected chi connectivity index (χ1v) is 10.2. The topological polar surface area (TPSA) is 23.6 Å². The van der Waals surface area contributed by atoms with Crippen molar-refractivity contribution in [3.8, 4) is 0 Å². The second-order valence-corrected chi connectivity index (χ2v) is 8.22. The number of carbonyl (C=O) groups is 1. The quantitative estimate of drug-likeness (QED) is 0.756. The molecular formula is C21H27FN2OS. The number of thiophene rings is 1. The maximum atomic E-state index is 13.0. The highest BCUT2D eigenvalue weighted by atomic mass is 32.1. The van der Waals surface area contributed by atoms with Crippen LogP contribution in [-0.4, -0.2) is 48.9 Å². The maximum Gasteiger partial charge on any atom is 0.263 e. The van der Waals surface area contributed by atoms with Gasteiger partial charge in [-0.1, -0.05) is 12.1 Å². The normalized spacial score (nSPS) is 18.0. The molecule has 1 aromatic heterocycles. The van der Waals surface area contributed by atoms with Crippen LogP contribution in [0.25, 0.3) is 0 Å². The van der Waals surface area contributed by atoms with E-state index < -0.39 is 0 Å². The van der Waals surface area contributed by atoms with Crippen molar-refractivity contribution in [1.29, 1.82) is 0 Å². The molecule has 2 aromatic rings. The lowest BCUT2D eigenvalue weighted by Gasteiger charge is -2.34. The van der Waals surface area contributed by atoms with Crippen LogP contribution in [0.5, 0.6) is 0 Å². The number of likely N-dealkylation sites (tertiary alicyclic amines) is 1. The van der Waals surface area contributed by atoms with Crippen LogP contribution in [0, 0.1) is 18.7 Å². The van der Waals surface area contributed by atoms with E-state index in [2.05, 4.69) is 4.90 Å². The Morgan fingerprint density at radius 2 is 2.08 bits per heavy atom. The fourth-order valence-corrected chi connectivity index (χ4v) is 4.60.